The number of rotatable bonds is 8. The van der Waals surface area contributed by atoms with Crippen LogP contribution >= 0.6 is 0 Å². The van der Waals surface area contributed by atoms with Crippen molar-refractivity contribution < 1.29 is 9.47 Å². The second kappa shape index (κ2) is 8.27. The Bertz CT molecular complexity index is 541. The van der Waals surface area contributed by atoms with Gasteiger partial charge in [0.15, 0.2) is 0 Å². The highest BCUT2D eigenvalue weighted by molar-refractivity contribution is 5.27. The summed E-state index contributed by atoms with van der Waals surface area (Å²) in [5.74, 6) is 1.50. The topological polar surface area (TPSA) is 43.4 Å². The Kier molecular flexibility index (Phi) is 6.03. The quantitative estimate of drug-likeness (QED) is 0.757. The SMILES string of the molecule is CCCNCc1ccnc(OCc2ccc(OC)cc2)c1. The van der Waals surface area contributed by atoms with Gasteiger partial charge in [0.1, 0.15) is 12.4 Å². The molecule has 4 nitrogen and oxygen atoms in total. The fourth-order valence-corrected chi connectivity index (χ4v) is 1.93. The van der Waals surface area contributed by atoms with E-state index in [2.05, 4.69) is 17.2 Å². The van der Waals surface area contributed by atoms with Crippen molar-refractivity contribution in [2.75, 3.05) is 13.7 Å². The van der Waals surface area contributed by atoms with E-state index in [9.17, 15) is 0 Å². The van der Waals surface area contributed by atoms with Gasteiger partial charge >= 0.3 is 0 Å². The van der Waals surface area contributed by atoms with E-state index in [1.165, 1.54) is 5.56 Å². The molecule has 0 atom stereocenters. The zero-order valence-corrected chi connectivity index (χ0v) is 12.6. The van der Waals surface area contributed by atoms with Crippen molar-refractivity contribution in [3.05, 3.63) is 53.7 Å². The third-order valence-corrected chi connectivity index (χ3v) is 3.10. The van der Waals surface area contributed by atoms with Crippen LogP contribution in [0, 0.1) is 0 Å². The lowest BCUT2D eigenvalue weighted by Crippen LogP contribution is -2.13. The average Bonchev–Trinajstić information content (AvgIpc) is 2.54. The molecule has 4 heteroatoms. The lowest BCUT2D eigenvalue weighted by Gasteiger charge is -2.08. The highest BCUT2D eigenvalue weighted by atomic mass is 16.5. The lowest BCUT2D eigenvalue weighted by atomic mass is 10.2. The van der Waals surface area contributed by atoms with Gasteiger partial charge < -0.3 is 14.8 Å². The predicted molar refractivity (Wildman–Crippen MR) is 83.6 cm³/mol. The summed E-state index contributed by atoms with van der Waals surface area (Å²) < 4.78 is 10.9. The van der Waals surface area contributed by atoms with Crippen molar-refractivity contribution in [2.24, 2.45) is 0 Å². The number of aromatic nitrogens is 1. The number of ether oxygens (including phenoxy) is 2. The van der Waals surface area contributed by atoms with Gasteiger partial charge in [0, 0.05) is 18.8 Å². The van der Waals surface area contributed by atoms with Crippen molar-refractivity contribution in [3.8, 4) is 11.6 Å². The Morgan fingerprint density at radius 2 is 1.90 bits per heavy atom. The van der Waals surface area contributed by atoms with E-state index in [1.807, 2.05) is 36.4 Å². The number of hydrogen-bond donors (Lipinski definition) is 1. The maximum absolute atomic E-state index is 5.73. The molecule has 21 heavy (non-hydrogen) atoms. The number of pyridine rings is 1. The van der Waals surface area contributed by atoms with Crippen molar-refractivity contribution in [1.29, 1.82) is 0 Å². The van der Waals surface area contributed by atoms with Crippen LogP contribution in [-0.4, -0.2) is 18.6 Å². The van der Waals surface area contributed by atoms with Crippen molar-refractivity contribution in [2.45, 2.75) is 26.5 Å². The molecule has 1 aromatic carbocycles. The molecule has 0 amide bonds. The van der Waals surface area contributed by atoms with Crippen LogP contribution in [0.15, 0.2) is 42.6 Å². The molecular formula is C17H22N2O2. The first-order chi connectivity index (χ1) is 10.3. The van der Waals surface area contributed by atoms with Crippen molar-refractivity contribution in [1.82, 2.24) is 10.3 Å². The fraction of sp³-hybridized carbons (Fsp3) is 0.353. The Morgan fingerprint density at radius 1 is 1.10 bits per heavy atom. The third-order valence-electron chi connectivity index (χ3n) is 3.10. The summed E-state index contributed by atoms with van der Waals surface area (Å²) in [5, 5.41) is 3.37. The smallest absolute Gasteiger partial charge is 0.213 e. The summed E-state index contributed by atoms with van der Waals surface area (Å²) in [7, 11) is 1.66. The summed E-state index contributed by atoms with van der Waals surface area (Å²) in [6, 6.07) is 11.8. The van der Waals surface area contributed by atoms with E-state index in [4.69, 9.17) is 9.47 Å². The third kappa shape index (κ3) is 5.08. The maximum Gasteiger partial charge on any atom is 0.213 e. The molecule has 2 aromatic rings. The molecule has 112 valence electrons. The molecule has 0 aliphatic heterocycles. The molecule has 0 bridgehead atoms. The van der Waals surface area contributed by atoms with Gasteiger partial charge in [-0.25, -0.2) is 4.98 Å². The molecule has 2 rings (SSSR count). The van der Waals surface area contributed by atoms with Gasteiger partial charge in [-0.1, -0.05) is 19.1 Å². The van der Waals surface area contributed by atoms with Crippen LogP contribution in [0.1, 0.15) is 24.5 Å². The summed E-state index contributed by atoms with van der Waals surface area (Å²) in [4.78, 5) is 4.24. The van der Waals surface area contributed by atoms with Gasteiger partial charge in [0.25, 0.3) is 0 Å². The van der Waals surface area contributed by atoms with Crippen LogP contribution in [-0.2, 0) is 13.2 Å². The first-order valence-corrected chi connectivity index (χ1v) is 7.23. The Labute approximate surface area is 126 Å². The molecule has 0 unspecified atom stereocenters. The monoisotopic (exact) mass is 286 g/mol. The number of benzene rings is 1. The first kappa shape index (κ1) is 15.3. The number of hydrogen-bond acceptors (Lipinski definition) is 4. The highest BCUT2D eigenvalue weighted by Gasteiger charge is 2.00. The van der Waals surface area contributed by atoms with Gasteiger partial charge in [-0.05, 0) is 42.3 Å². The summed E-state index contributed by atoms with van der Waals surface area (Å²) in [6.45, 7) is 4.52. The minimum Gasteiger partial charge on any atom is -0.497 e. The average molecular weight is 286 g/mol. The van der Waals surface area contributed by atoms with E-state index in [0.717, 1.165) is 30.8 Å². The van der Waals surface area contributed by atoms with Gasteiger partial charge in [-0.15, -0.1) is 0 Å². The van der Waals surface area contributed by atoms with E-state index in [-0.39, 0.29) is 0 Å². The molecule has 0 saturated heterocycles. The summed E-state index contributed by atoms with van der Waals surface area (Å²) >= 11 is 0. The van der Waals surface area contributed by atoms with Gasteiger partial charge in [0.05, 0.1) is 7.11 Å². The van der Waals surface area contributed by atoms with E-state index in [0.29, 0.717) is 12.5 Å². The minimum atomic E-state index is 0.503. The molecule has 0 spiro atoms. The molecule has 0 aliphatic rings. The number of methoxy groups -OCH3 is 1. The van der Waals surface area contributed by atoms with Gasteiger partial charge in [0.2, 0.25) is 5.88 Å². The van der Waals surface area contributed by atoms with Crippen LogP contribution in [0.25, 0.3) is 0 Å². The van der Waals surface area contributed by atoms with Crippen LogP contribution in [0.5, 0.6) is 11.6 Å². The molecule has 1 heterocycles. The van der Waals surface area contributed by atoms with E-state index < -0.39 is 0 Å². The second-order valence-corrected chi connectivity index (χ2v) is 4.82. The zero-order valence-electron chi connectivity index (χ0n) is 12.6. The van der Waals surface area contributed by atoms with Gasteiger partial charge in [-0.3, -0.25) is 0 Å². The predicted octanol–water partition coefficient (Wildman–Crippen LogP) is 3.17. The standard InChI is InChI=1S/C17H22N2O2/c1-3-9-18-12-15-8-10-19-17(11-15)21-13-14-4-6-16(20-2)7-5-14/h4-8,10-11,18H,3,9,12-13H2,1-2H3. The largest absolute Gasteiger partial charge is 0.497 e. The Morgan fingerprint density at radius 3 is 2.62 bits per heavy atom. The minimum absolute atomic E-state index is 0.503. The molecule has 1 aromatic heterocycles. The number of nitrogens with one attached hydrogen (secondary N) is 1. The number of nitrogens with zero attached hydrogens (tertiary/aromatic N) is 1. The normalized spacial score (nSPS) is 10.4. The lowest BCUT2D eigenvalue weighted by molar-refractivity contribution is 0.293. The Hall–Kier alpha value is -2.07. The molecule has 0 aliphatic carbocycles. The maximum atomic E-state index is 5.73. The molecule has 1 N–H and O–H groups in total. The molecule has 0 fully saturated rings. The highest BCUT2D eigenvalue weighted by Crippen LogP contribution is 2.14. The van der Waals surface area contributed by atoms with Crippen LogP contribution < -0.4 is 14.8 Å². The van der Waals surface area contributed by atoms with Crippen molar-refractivity contribution in [3.63, 3.8) is 0 Å². The van der Waals surface area contributed by atoms with Crippen LogP contribution in [0.3, 0.4) is 0 Å². The molecule has 0 radical (unpaired) electrons. The summed E-state index contributed by atoms with van der Waals surface area (Å²) in [5.41, 5.74) is 2.27. The summed E-state index contributed by atoms with van der Waals surface area (Å²) in [6.07, 6.45) is 2.91. The van der Waals surface area contributed by atoms with Crippen molar-refractivity contribution >= 4 is 0 Å². The van der Waals surface area contributed by atoms with Crippen LogP contribution in [0.2, 0.25) is 0 Å². The van der Waals surface area contributed by atoms with E-state index >= 15 is 0 Å². The van der Waals surface area contributed by atoms with Gasteiger partial charge in [-0.2, -0.15) is 0 Å². The van der Waals surface area contributed by atoms with Crippen LogP contribution in [0.4, 0.5) is 0 Å². The Balaban J connectivity index is 1.88. The zero-order chi connectivity index (χ0) is 14.9. The molecule has 0 saturated carbocycles. The first-order valence-electron chi connectivity index (χ1n) is 7.23. The fourth-order valence-electron chi connectivity index (χ4n) is 1.93. The second-order valence-electron chi connectivity index (χ2n) is 4.82. The van der Waals surface area contributed by atoms with E-state index in [1.54, 1.807) is 13.3 Å². The molecular weight excluding hydrogens is 264 g/mol.